The van der Waals surface area contributed by atoms with Crippen molar-refractivity contribution in [3.05, 3.63) is 95.3 Å². The summed E-state index contributed by atoms with van der Waals surface area (Å²) < 4.78 is 5.73. The SMILES string of the molecule is O=c1cc(-c2ccccc2)oc2ccccc12.Oc1ccccn1. The fourth-order valence-electron chi connectivity index (χ4n) is 2.20. The highest BCUT2D eigenvalue weighted by Crippen LogP contribution is 2.21. The summed E-state index contributed by atoms with van der Waals surface area (Å²) in [5, 5.41) is 9.14. The lowest BCUT2D eigenvalue weighted by molar-refractivity contribution is 0.453. The first-order chi connectivity index (χ1) is 11.7. The van der Waals surface area contributed by atoms with Gasteiger partial charge in [-0.15, -0.1) is 0 Å². The summed E-state index contributed by atoms with van der Waals surface area (Å²) in [6.07, 6.45) is 1.54. The number of fused-ring (bicyclic) bond motifs is 1. The molecule has 118 valence electrons. The van der Waals surface area contributed by atoms with Gasteiger partial charge < -0.3 is 9.52 Å². The fraction of sp³-hybridized carbons (Fsp3) is 0. The molecule has 4 rings (SSSR count). The van der Waals surface area contributed by atoms with Crippen LogP contribution in [0.1, 0.15) is 0 Å². The summed E-state index contributed by atoms with van der Waals surface area (Å²) in [6.45, 7) is 0. The summed E-state index contributed by atoms with van der Waals surface area (Å²) in [5.41, 5.74) is 1.53. The Bertz CT molecular complexity index is 980. The van der Waals surface area contributed by atoms with Crippen LogP contribution in [0.25, 0.3) is 22.3 Å². The van der Waals surface area contributed by atoms with Crippen molar-refractivity contribution in [1.82, 2.24) is 4.98 Å². The molecule has 0 atom stereocenters. The quantitative estimate of drug-likeness (QED) is 0.570. The molecule has 0 aliphatic rings. The van der Waals surface area contributed by atoms with Crippen molar-refractivity contribution in [2.24, 2.45) is 0 Å². The molecule has 0 fully saturated rings. The van der Waals surface area contributed by atoms with E-state index >= 15 is 0 Å². The Kier molecular flexibility index (Phi) is 4.68. The van der Waals surface area contributed by atoms with E-state index in [1.54, 1.807) is 18.2 Å². The number of benzene rings is 2. The first-order valence-electron chi connectivity index (χ1n) is 7.42. The summed E-state index contributed by atoms with van der Waals surface area (Å²) in [4.78, 5) is 15.4. The molecule has 0 aliphatic carbocycles. The molecular formula is C20H15NO3. The van der Waals surface area contributed by atoms with Crippen LogP contribution in [0.2, 0.25) is 0 Å². The van der Waals surface area contributed by atoms with Crippen molar-refractivity contribution < 1.29 is 9.52 Å². The first-order valence-corrected chi connectivity index (χ1v) is 7.42. The van der Waals surface area contributed by atoms with Crippen LogP contribution in [-0.4, -0.2) is 10.1 Å². The van der Waals surface area contributed by atoms with Crippen molar-refractivity contribution in [2.45, 2.75) is 0 Å². The van der Waals surface area contributed by atoms with Crippen molar-refractivity contribution in [1.29, 1.82) is 0 Å². The number of hydrogen-bond acceptors (Lipinski definition) is 4. The third-order valence-corrected chi connectivity index (χ3v) is 3.34. The summed E-state index contributed by atoms with van der Waals surface area (Å²) in [7, 11) is 0. The highest BCUT2D eigenvalue weighted by Gasteiger charge is 2.05. The average molecular weight is 317 g/mol. The smallest absolute Gasteiger partial charge is 0.210 e. The Hall–Kier alpha value is -3.40. The molecule has 0 bridgehead atoms. The normalized spacial score (nSPS) is 10.0. The molecule has 0 spiro atoms. The lowest BCUT2D eigenvalue weighted by Gasteiger charge is -2.02. The number of aromatic hydroxyl groups is 1. The van der Waals surface area contributed by atoms with Crippen LogP contribution >= 0.6 is 0 Å². The van der Waals surface area contributed by atoms with Gasteiger partial charge in [0.25, 0.3) is 0 Å². The predicted octanol–water partition coefficient (Wildman–Crippen LogP) is 4.25. The zero-order valence-corrected chi connectivity index (χ0v) is 12.8. The van der Waals surface area contributed by atoms with E-state index in [0.717, 1.165) is 5.56 Å². The Labute approximate surface area is 138 Å². The molecule has 4 nitrogen and oxygen atoms in total. The maximum Gasteiger partial charge on any atom is 0.210 e. The lowest BCUT2D eigenvalue weighted by atomic mass is 10.1. The van der Waals surface area contributed by atoms with Gasteiger partial charge >= 0.3 is 0 Å². The van der Waals surface area contributed by atoms with Gasteiger partial charge in [-0.3, -0.25) is 4.79 Å². The number of aromatic nitrogens is 1. The standard InChI is InChI=1S/C15H10O2.C5H5NO/c16-13-10-15(11-6-2-1-3-7-11)17-14-9-5-4-8-12(13)14;7-5-3-1-2-4-6-5/h1-10H;1-4H,(H,6,7). The maximum atomic E-state index is 11.9. The summed E-state index contributed by atoms with van der Waals surface area (Å²) >= 11 is 0. The van der Waals surface area contributed by atoms with Gasteiger partial charge in [-0.1, -0.05) is 48.5 Å². The molecule has 0 saturated heterocycles. The van der Waals surface area contributed by atoms with Gasteiger partial charge in [0.1, 0.15) is 11.3 Å². The van der Waals surface area contributed by atoms with Gasteiger partial charge in [-0.25, -0.2) is 4.98 Å². The molecule has 1 N–H and O–H groups in total. The number of rotatable bonds is 1. The highest BCUT2D eigenvalue weighted by atomic mass is 16.3. The Morgan fingerprint density at radius 2 is 1.54 bits per heavy atom. The molecule has 0 radical (unpaired) electrons. The molecule has 2 aromatic carbocycles. The number of para-hydroxylation sites is 1. The second kappa shape index (κ2) is 7.24. The van der Waals surface area contributed by atoms with Crippen LogP contribution in [0, 0.1) is 0 Å². The molecule has 4 aromatic rings. The highest BCUT2D eigenvalue weighted by molar-refractivity contribution is 5.78. The number of pyridine rings is 1. The minimum absolute atomic E-state index is 0.00861. The Morgan fingerprint density at radius 1 is 0.833 bits per heavy atom. The molecule has 24 heavy (non-hydrogen) atoms. The monoisotopic (exact) mass is 317 g/mol. The van der Waals surface area contributed by atoms with Gasteiger partial charge in [0.2, 0.25) is 5.88 Å². The topological polar surface area (TPSA) is 63.3 Å². The fourth-order valence-corrected chi connectivity index (χ4v) is 2.20. The second-order valence-electron chi connectivity index (χ2n) is 5.03. The second-order valence-corrected chi connectivity index (χ2v) is 5.03. The predicted molar refractivity (Wildman–Crippen MR) is 93.8 cm³/mol. The van der Waals surface area contributed by atoms with Gasteiger partial charge in [-0.05, 0) is 18.2 Å². The van der Waals surface area contributed by atoms with E-state index in [4.69, 9.17) is 9.52 Å². The molecular weight excluding hydrogens is 302 g/mol. The van der Waals surface area contributed by atoms with E-state index in [2.05, 4.69) is 4.98 Å². The first kappa shape index (κ1) is 15.5. The average Bonchev–Trinajstić information content (AvgIpc) is 2.64. The molecule has 4 heteroatoms. The third kappa shape index (κ3) is 3.67. The molecule has 0 unspecified atom stereocenters. The minimum atomic E-state index is -0.00861. The van der Waals surface area contributed by atoms with Crippen LogP contribution < -0.4 is 5.43 Å². The van der Waals surface area contributed by atoms with Crippen molar-refractivity contribution in [2.75, 3.05) is 0 Å². The van der Waals surface area contributed by atoms with E-state index in [1.807, 2.05) is 48.5 Å². The van der Waals surface area contributed by atoms with Crippen LogP contribution in [0.4, 0.5) is 0 Å². The van der Waals surface area contributed by atoms with Gasteiger partial charge in [0.05, 0.1) is 5.39 Å². The van der Waals surface area contributed by atoms with Crippen molar-refractivity contribution in [3.63, 3.8) is 0 Å². The Balaban J connectivity index is 0.000000203. The van der Waals surface area contributed by atoms with E-state index in [0.29, 0.717) is 16.7 Å². The van der Waals surface area contributed by atoms with Crippen LogP contribution in [0.3, 0.4) is 0 Å². The van der Waals surface area contributed by atoms with E-state index in [9.17, 15) is 4.79 Å². The number of hydrogen-bond donors (Lipinski definition) is 1. The van der Waals surface area contributed by atoms with Crippen LogP contribution in [0.5, 0.6) is 5.88 Å². The number of nitrogens with zero attached hydrogens (tertiary/aromatic N) is 1. The van der Waals surface area contributed by atoms with Crippen molar-refractivity contribution >= 4 is 11.0 Å². The molecule has 0 aliphatic heterocycles. The van der Waals surface area contributed by atoms with Crippen LogP contribution in [0.15, 0.2) is 94.3 Å². The Morgan fingerprint density at radius 3 is 2.21 bits per heavy atom. The maximum absolute atomic E-state index is 11.9. The van der Waals surface area contributed by atoms with E-state index in [-0.39, 0.29) is 11.3 Å². The minimum Gasteiger partial charge on any atom is -0.493 e. The molecule has 0 amide bonds. The van der Waals surface area contributed by atoms with Crippen molar-refractivity contribution in [3.8, 4) is 17.2 Å². The van der Waals surface area contributed by atoms with E-state index < -0.39 is 0 Å². The van der Waals surface area contributed by atoms with Gasteiger partial charge in [-0.2, -0.15) is 0 Å². The van der Waals surface area contributed by atoms with Gasteiger partial charge in [0.15, 0.2) is 5.43 Å². The molecule has 0 saturated carbocycles. The zero-order chi connectivity index (χ0) is 16.8. The summed E-state index contributed by atoms with van der Waals surface area (Å²) in [5.74, 6) is 0.678. The third-order valence-electron chi connectivity index (χ3n) is 3.34. The van der Waals surface area contributed by atoms with Gasteiger partial charge in [0, 0.05) is 23.9 Å². The molecule has 2 aromatic heterocycles. The largest absolute Gasteiger partial charge is 0.493 e. The van der Waals surface area contributed by atoms with E-state index in [1.165, 1.54) is 18.3 Å². The summed E-state index contributed by atoms with van der Waals surface area (Å²) in [6, 6.07) is 23.4. The zero-order valence-electron chi connectivity index (χ0n) is 12.8. The lowest BCUT2D eigenvalue weighted by Crippen LogP contribution is -1.99. The molecule has 2 heterocycles. The van der Waals surface area contributed by atoms with Crippen LogP contribution in [-0.2, 0) is 0 Å².